The summed E-state index contributed by atoms with van der Waals surface area (Å²) in [5, 5.41) is 2.05. The van der Waals surface area contributed by atoms with Gasteiger partial charge >= 0.3 is 0 Å². The zero-order valence-corrected chi connectivity index (χ0v) is 8.25. The van der Waals surface area contributed by atoms with Gasteiger partial charge in [0, 0.05) is 25.1 Å². The average Bonchev–Trinajstić information content (AvgIpc) is 2.54. The molecule has 0 fully saturated rings. The highest BCUT2D eigenvalue weighted by atomic mass is 32.2. The quantitative estimate of drug-likeness (QED) is 0.716. The van der Waals surface area contributed by atoms with Gasteiger partial charge in [-0.1, -0.05) is 0 Å². The summed E-state index contributed by atoms with van der Waals surface area (Å²) >= 11 is 1.77. The second-order valence-electron chi connectivity index (χ2n) is 2.80. The lowest BCUT2D eigenvalue weighted by Crippen LogP contribution is -1.99. The summed E-state index contributed by atoms with van der Waals surface area (Å²) in [6.45, 7) is 0. The van der Waals surface area contributed by atoms with Crippen molar-refractivity contribution in [3.63, 3.8) is 0 Å². The van der Waals surface area contributed by atoms with E-state index in [2.05, 4.69) is 11.5 Å². The van der Waals surface area contributed by atoms with E-state index in [9.17, 15) is 0 Å². The molecule has 0 saturated carbocycles. The molecule has 0 unspecified atom stereocenters. The SMILES string of the molecule is Cn1cccc1OC1=CCSC=C1. The Labute approximate surface area is 81.9 Å². The monoisotopic (exact) mass is 193 g/mol. The molecule has 0 bridgehead atoms. The first-order valence-corrected chi connectivity index (χ1v) is 5.18. The maximum absolute atomic E-state index is 5.65. The van der Waals surface area contributed by atoms with Crippen LogP contribution in [0.4, 0.5) is 0 Å². The van der Waals surface area contributed by atoms with E-state index in [1.54, 1.807) is 11.8 Å². The topological polar surface area (TPSA) is 14.2 Å². The lowest BCUT2D eigenvalue weighted by molar-refractivity contribution is 0.409. The maximum atomic E-state index is 5.65. The Morgan fingerprint density at radius 3 is 3.08 bits per heavy atom. The van der Waals surface area contributed by atoms with E-state index < -0.39 is 0 Å². The fourth-order valence-electron chi connectivity index (χ4n) is 1.12. The predicted octanol–water partition coefficient (Wildman–Crippen LogP) is 2.55. The van der Waals surface area contributed by atoms with Crippen molar-refractivity contribution < 1.29 is 4.74 Å². The molecule has 2 heterocycles. The highest BCUT2D eigenvalue weighted by Gasteiger charge is 2.02. The van der Waals surface area contributed by atoms with Crippen molar-refractivity contribution in [2.45, 2.75) is 0 Å². The molecule has 0 atom stereocenters. The van der Waals surface area contributed by atoms with Crippen LogP contribution in [0.1, 0.15) is 0 Å². The zero-order chi connectivity index (χ0) is 9.10. The smallest absolute Gasteiger partial charge is 0.199 e. The van der Waals surface area contributed by atoms with Crippen molar-refractivity contribution in [2.24, 2.45) is 7.05 Å². The number of hydrogen-bond donors (Lipinski definition) is 0. The minimum absolute atomic E-state index is 0.878. The van der Waals surface area contributed by atoms with Gasteiger partial charge in [-0.05, 0) is 23.6 Å². The highest BCUT2D eigenvalue weighted by molar-refractivity contribution is 8.02. The number of nitrogens with zero attached hydrogens (tertiary/aromatic N) is 1. The molecule has 1 aliphatic heterocycles. The Hall–Kier alpha value is -1.09. The number of ether oxygens (including phenoxy) is 1. The molecule has 0 amide bonds. The molecule has 2 rings (SSSR count). The molecule has 68 valence electrons. The third kappa shape index (κ3) is 1.98. The first-order valence-electron chi connectivity index (χ1n) is 4.14. The van der Waals surface area contributed by atoms with Crippen molar-refractivity contribution in [2.75, 3.05) is 5.75 Å². The molecule has 0 aromatic carbocycles. The van der Waals surface area contributed by atoms with Gasteiger partial charge in [0.1, 0.15) is 5.76 Å². The van der Waals surface area contributed by atoms with Gasteiger partial charge in [0.25, 0.3) is 0 Å². The molecule has 0 aliphatic carbocycles. The molecule has 1 aliphatic rings. The van der Waals surface area contributed by atoms with Crippen LogP contribution in [0.15, 0.2) is 41.6 Å². The van der Waals surface area contributed by atoms with E-state index in [0.717, 1.165) is 17.4 Å². The third-order valence-electron chi connectivity index (χ3n) is 1.83. The van der Waals surface area contributed by atoms with E-state index in [0.29, 0.717) is 0 Å². The van der Waals surface area contributed by atoms with Crippen LogP contribution in [0, 0.1) is 0 Å². The van der Waals surface area contributed by atoms with Gasteiger partial charge in [-0.25, -0.2) is 0 Å². The van der Waals surface area contributed by atoms with Crippen LogP contribution in [-0.2, 0) is 7.05 Å². The minimum atomic E-state index is 0.878. The molecular weight excluding hydrogens is 182 g/mol. The minimum Gasteiger partial charge on any atom is -0.441 e. The number of aryl methyl sites for hydroxylation is 1. The van der Waals surface area contributed by atoms with Gasteiger partial charge in [0.2, 0.25) is 0 Å². The Morgan fingerprint density at radius 2 is 2.46 bits per heavy atom. The third-order valence-corrected chi connectivity index (χ3v) is 2.52. The molecular formula is C10H11NOS. The molecule has 3 heteroatoms. The van der Waals surface area contributed by atoms with Crippen LogP contribution in [0.5, 0.6) is 5.88 Å². The second kappa shape index (κ2) is 3.75. The lowest BCUT2D eigenvalue weighted by Gasteiger charge is -2.09. The first kappa shape index (κ1) is 8.51. The molecule has 0 saturated heterocycles. The van der Waals surface area contributed by atoms with Gasteiger partial charge in [-0.3, -0.25) is 0 Å². The molecule has 0 N–H and O–H groups in total. The molecule has 1 aromatic heterocycles. The average molecular weight is 193 g/mol. The van der Waals surface area contributed by atoms with Crippen LogP contribution in [0.2, 0.25) is 0 Å². The standard InChI is InChI=1S/C10H11NOS/c1-11-6-2-3-10(11)12-9-4-7-13-8-5-9/h2-7H,8H2,1H3. The van der Waals surface area contributed by atoms with Crippen LogP contribution in [0.25, 0.3) is 0 Å². The van der Waals surface area contributed by atoms with Crippen molar-refractivity contribution in [1.82, 2.24) is 4.57 Å². The second-order valence-corrected chi connectivity index (χ2v) is 3.74. The number of thioether (sulfide) groups is 1. The van der Waals surface area contributed by atoms with Crippen LogP contribution in [-0.4, -0.2) is 10.3 Å². The normalized spacial score (nSPS) is 15.6. The highest BCUT2D eigenvalue weighted by Crippen LogP contribution is 2.18. The summed E-state index contributed by atoms with van der Waals surface area (Å²) in [7, 11) is 1.97. The van der Waals surface area contributed by atoms with E-state index in [1.165, 1.54) is 0 Å². The number of allylic oxidation sites excluding steroid dienone is 1. The summed E-state index contributed by atoms with van der Waals surface area (Å²) in [6, 6.07) is 3.92. The van der Waals surface area contributed by atoms with Gasteiger partial charge in [-0.2, -0.15) is 0 Å². The van der Waals surface area contributed by atoms with E-state index in [-0.39, 0.29) is 0 Å². The van der Waals surface area contributed by atoms with Crippen LogP contribution >= 0.6 is 11.8 Å². The Morgan fingerprint density at radius 1 is 1.54 bits per heavy atom. The Balaban J connectivity index is 2.10. The molecule has 1 aromatic rings. The van der Waals surface area contributed by atoms with Crippen LogP contribution in [0.3, 0.4) is 0 Å². The molecule has 0 spiro atoms. The van der Waals surface area contributed by atoms with Gasteiger partial charge in [0.15, 0.2) is 5.88 Å². The largest absolute Gasteiger partial charge is 0.441 e. The summed E-state index contributed by atoms with van der Waals surface area (Å²) in [4.78, 5) is 0. The van der Waals surface area contributed by atoms with Crippen molar-refractivity contribution in [3.8, 4) is 5.88 Å². The molecule has 0 radical (unpaired) electrons. The predicted molar refractivity (Wildman–Crippen MR) is 55.7 cm³/mol. The number of rotatable bonds is 2. The Bertz CT molecular complexity index is 352. The van der Waals surface area contributed by atoms with Gasteiger partial charge in [-0.15, -0.1) is 11.8 Å². The van der Waals surface area contributed by atoms with Gasteiger partial charge in [0.05, 0.1) is 0 Å². The fraction of sp³-hybridized carbons (Fsp3) is 0.200. The number of hydrogen-bond acceptors (Lipinski definition) is 2. The number of aromatic nitrogens is 1. The Kier molecular flexibility index (Phi) is 2.45. The fourth-order valence-corrected chi connectivity index (χ4v) is 1.72. The maximum Gasteiger partial charge on any atom is 0.199 e. The lowest BCUT2D eigenvalue weighted by atomic mass is 10.4. The van der Waals surface area contributed by atoms with Crippen LogP contribution < -0.4 is 4.74 Å². The van der Waals surface area contributed by atoms with Crippen molar-refractivity contribution in [3.05, 3.63) is 41.6 Å². The molecule has 2 nitrogen and oxygen atoms in total. The van der Waals surface area contributed by atoms with Gasteiger partial charge < -0.3 is 9.30 Å². The summed E-state index contributed by atoms with van der Waals surface area (Å²) in [6.07, 6.45) is 6.04. The van der Waals surface area contributed by atoms with E-state index in [4.69, 9.17) is 4.74 Å². The van der Waals surface area contributed by atoms with E-state index >= 15 is 0 Å². The zero-order valence-electron chi connectivity index (χ0n) is 7.43. The first-order chi connectivity index (χ1) is 6.36. The summed E-state index contributed by atoms with van der Waals surface area (Å²) < 4.78 is 7.60. The van der Waals surface area contributed by atoms with E-state index in [1.807, 2.05) is 36.0 Å². The summed E-state index contributed by atoms with van der Waals surface area (Å²) in [5.41, 5.74) is 0. The molecule has 13 heavy (non-hydrogen) atoms. The summed E-state index contributed by atoms with van der Waals surface area (Å²) in [5.74, 6) is 2.80. The van der Waals surface area contributed by atoms with Crippen molar-refractivity contribution in [1.29, 1.82) is 0 Å². The van der Waals surface area contributed by atoms with Crippen molar-refractivity contribution >= 4 is 11.8 Å².